The van der Waals surface area contributed by atoms with Crippen molar-refractivity contribution in [2.24, 2.45) is 0 Å². The van der Waals surface area contributed by atoms with Crippen molar-refractivity contribution in [3.05, 3.63) is 53.5 Å². The number of hydrogen-bond donors (Lipinski definition) is 2. The molecule has 2 aromatic heterocycles. The highest BCUT2D eigenvalue weighted by Crippen LogP contribution is 2.34. The first-order valence-electron chi connectivity index (χ1n) is 6.96. The van der Waals surface area contributed by atoms with Crippen molar-refractivity contribution >= 4 is 16.9 Å². The van der Waals surface area contributed by atoms with Gasteiger partial charge in [-0.3, -0.25) is 0 Å². The van der Waals surface area contributed by atoms with Gasteiger partial charge in [-0.05, 0) is 36.5 Å². The van der Waals surface area contributed by atoms with Crippen molar-refractivity contribution in [2.75, 3.05) is 5.32 Å². The highest BCUT2D eigenvalue weighted by atomic mass is 15.1. The molecule has 100 valence electrons. The lowest BCUT2D eigenvalue weighted by atomic mass is 10.1. The summed E-state index contributed by atoms with van der Waals surface area (Å²) in [4.78, 5) is 11.9. The van der Waals surface area contributed by atoms with Gasteiger partial charge >= 0.3 is 0 Å². The Kier molecular flexibility index (Phi) is 2.49. The van der Waals surface area contributed by atoms with E-state index in [0.29, 0.717) is 6.04 Å². The second-order valence-corrected chi connectivity index (χ2v) is 5.35. The van der Waals surface area contributed by atoms with Crippen LogP contribution in [0.25, 0.3) is 11.0 Å². The minimum absolute atomic E-state index is 0.346. The lowest BCUT2D eigenvalue weighted by molar-refractivity contribution is 0.758. The Hall–Kier alpha value is -2.36. The Labute approximate surface area is 117 Å². The Morgan fingerprint density at radius 1 is 1.25 bits per heavy atom. The summed E-state index contributed by atoms with van der Waals surface area (Å²) in [5.74, 6) is 0.926. The number of hydrogen-bond acceptors (Lipinski definition) is 3. The molecule has 4 heteroatoms. The molecule has 3 aromatic rings. The van der Waals surface area contributed by atoms with Crippen LogP contribution in [0.1, 0.15) is 29.2 Å². The molecule has 0 aliphatic heterocycles. The number of aromatic nitrogens is 3. The SMILES string of the molecule is Cc1c[nH]c2ncnc(NC3CCc4ccccc43)c12. The van der Waals surface area contributed by atoms with Gasteiger partial charge in [-0.15, -0.1) is 0 Å². The van der Waals surface area contributed by atoms with Gasteiger partial charge in [0, 0.05) is 6.20 Å². The maximum Gasteiger partial charge on any atom is 0.143 e. The Balaban J connectivity index is 1.74. The molecule has 20 heavy (non-hydrogen) atoms. The van der Waals surface area contributed by atoms with E-state index in [9.17, 15) is 0 Å². The number of H-pyrrole nitrogens is 1. The molecule has 2 heterocycles. The first kappa shape index (κ1) is 11.5. The largest absolute Gasteiger partial charge is 0.363 e. The van der Waals surface area contributed by atoms with Crippen LogP contribution in [0.4, 0.5) is 5.82 Å². The summed E-state index contributed by atoms with van der Waals surface area (Å²) in [6.45, 7) is 2.08. The molecule has 0 spiro atoms. The van der Waals surface area contributed by atoms with Crippen LogP contribution in [-0.4, -0.2) is 15.0 Å². The summed E-state index contributed by atoms with van der Waals surface area (Å²) in [5.41, 5.74) is 4.91. The monoisotopic (exact) mass is 264 g/mol. The molecule has 2 N–H and O–H groups in total. The Bertz CT molecular complexity index is 775. The van der Waals surface area contributed by atoms with Crippen molar-refractivity contribution in [1.29, 1.82) is 0 Å². The standard InChI is InChI=1S/C16H16N4/c1-10-8-17-15-14(10)16(19-9-18-15)20-13-7-6-11-4-2-3-5-12(11)13/h2-5,8-9,13H,6-7H2,1H3,(H2,17,18,19,20). The summed E-state index contributed by atoms with van der Waals surface area (Å²) in [6.07, 6.45) is 5.84. The number of rotatable bonds is 2. The summed E-state index contributed by atoms with van der Waals surface area (Å²) >= 11 is 0. The highest BCUT2D eigenvalue weighted by Gasteiger charge is 2.23. The molecule has 1 unspecified atom stereocenters. The lowest BCUT2D eigenvalue weighted by Gasteiger charge is -2.15. The van der Waals surface area contributed by atoms with Crippen molar-refractivity contribution in [3.8, 4) is 0 Å². The first-order valence-corrected chi connectivity index (χ1v) is 6.96. The zero-order valence-electron chi connectivity index (χ0n) is 11.4. The predicted molar refractivity (Wildman–Crippen MR) is 79.8 cm³/mol. The van der Waals surface area contributed by atoms with Gasteiger partial charge in [-0.1, -0.05) is 24.3 Å². The van der Waals surface area contributed by atoms with Crippen LogP contribution in [-0.2, 0) is 6.42 Å². The summed E-state index contributed by atoms with van der Waals surface area (Å²) in [7, 11) is 0. The molecule has 0 bridgehead atoms. The minimum atomic E-state index is 0.346. The second kappa shape index (κ2) is 4.34. The zero-order chi connectivity index (χ0) is 13.5. The summed E-state index contributed by atoms with van der Waals surface area (Å²) in [6, 6.07) is 8.99. The van der Waals surface area contributed by atoms with E-state index in [0.717, 1.165) is 29.7 Å². The molecule has 0 saturated heterocycles. The van der Waals surface area contributed by atoms with Crippen LogP contribution in [0.2, 0.25) is 0 Å². The van der Waals surface area contributed by atoms with E-state index in [1.54, 1.807) is 6.33 Å². The van der Waals surface area contributed by atoms with Crippen molar-refractivity contribution in [2.45, 2.75) is 25.8 Å². The number of benzene rings is 1. The second-order valence-electron chi connectivity index (χ2n) is 5.35. The maximum atomic E-state index is 4.43. The molecule has 0 amide bonds. The van der Waals surface area contributed by atoms with Crippen LogP contribution >= 0.6 is 0 Å². The van der Waals surface area contributed by atoms with Gasteiger partial charge in [0.1, 0.15) is 17.8 Å². The van der Waals surface area contributed by atoms with E-state index in [1.807, 2.05) is 6.20 Å². The average molecular weight is 264 g/mol. The summed E-state index contributed by atoms with van der Waals surface area (Å²) < 4.78 is 0. The van der Waals surface area contributed by atoms with Gasteiger partial charge in [0.15, 0.2) is 0 Å². The molecule has 0 fully saturated rings. The van der Waals surface area contributed by atoms with E-state index < -0.39 is 0 Å². The third-order valence-corrected chi connectivity index (χ3v) is 4.11. The Morgan fingerprint density at radius 2 is 2.15 bits per heavy atom. The molecule has 4 rings (SSSR count). The fourth-order valence-electron chi connectivity index (χ4n) is 3.10. The molecular weight excluding hydrogens is 248 g/mol. The topological polar surface area (TPSA) is 53.6 Å². The normalized spacial score (nSPS) is 17.4. The molecule has 1 aliphatic carbocycles. The van der Waals surface area contributed by atoms with Gasteiger partial charge in [-0.25, -0.2) is 9.97 Å². The quantitative estimate of drug-likeness (QED) is 0.746. The number of fused-ring (bicyclic) bond motifs is 2. The molecule has 1 aliphatic rings. The van der Waals surface area contributed by atoms with Crippen LogP contribution in [0.3, 0.4) is 0 Å². The first-order chi connectivity index (χ1) is 9.83. The molecule has 1 atom stereocenters. The van der Waals surface area contributed by atoms with Gasteiger partial charge in [-0.2, -0.15) is 0 Å². The summed E-state index contributed by atoms with van der Waals surface area (Å²) in [5, 5.41) is 4.69. The number of aromatic amines is 1. The zero-order valence-corrected chi connectivity index (χ0v) is 11.4. The van der Waals surface area contributed by atoms with E-state index in [2.05, 4.69) is 51.5 Å². The maximum absolute atomic E-state index is 4.43. The number of aryl methyl sites for hydroxylation is 2. The van der Waals surface area contributed by atoms with E-state index in [1.165, 1.54) is 16.7 Å². The van der Waals surface area contributed by atoms with Gasteiger partial charge in [0.05, 0.1) is 11.4 Å². The molecule has 0 saturated carbocycles. The van der Waals surface area contributed by atoms with Gasteiger partial charge in [0.2, 0.25) is 0 Å². The predicted octanol–water partition coefficient (Wildman–Crippen LogP) is 3.37. The van der Waals surface area contributed by atoms with Gasteiger partial charge < -0.3 is 10.3 Å². The smallest absolute Gasteiger partial charge is 0.143 e. The van der Waals surface area contributed by atoms with E-state index >= 15 is 0 Å². The third kappa shape index (κ3) is 1.68. The average Bonchev–Trinajstić information content (AvgIpc) is 3.05. The lowest BCUT2D eigenvalue weighted by Crippen LogP contribution is -2.09. The van der Waals surface area contributed by atoms with Crippen molar-refractivity contribution in [1.82, 2.24) is 15.0 Å². The van der Waals surface area contributed by atoms with Crippen molar-refractivity contribution in [3.63, 3.8) is 0 Å². The molecule has 1 aromatic carbocycles. The molecule has 0 radical (unpaired) electrons. The van der Waals surface area contributed by atoms with E-state index in [4.69, 9.17) is 0 Å². The minimum Gasteiger partial charge on any atom is -0.363 e. The van der Waals surface area contributed by atoms with Crippen molar-refractivity contribution < 1.29 is 0 Å². The van der Waals surface area contributed by atoms with Crippen LogP contribution < -0.4 is 5.32 Å². The fourth-order valence-corrected chi connectivity index (χ4v) is 3.10. The van der Waals surface area contributed by atoms with Crippen LogP contribution in [0.15, 0.2) is 36.8 Å². The van der Waals surface area contributed by atoms with Gasteiger partial charge in [0.25, 0.3) is 0 Å². The number of anilines is 1. The van der Waals surface area contributed by atoms with E-state index in [-0.39, 0.29) is 0 Å². The number of nitrogens with zero attached hydrogens (tertiary/aromatic N) is 2. The molecule has 4 nitrogen and oxygen atoms in total. The number of nitrogens with one attached hydrogen (secondary N) is 2. The third-order valence-electron chi connectivity index (χ3n) is 4.11. The fraction of sp³-hybridized carbons (Fsp3) is 0.250. The van der Waals surface area contributed by atoms with Crippen LogP contribution in [0, 0.1) is 6.92 Å². The molecular formula is C16H16N4. The highest BCUT2D eigenvalue weighted by molar-refractivity contribution is 5.90. The Morgan fingerprint density at radius 3 is 3.10 bits per heavy atom. The van der Waals surface area contributed by atoms with Crippen LogP contribution in [0.5, 0.6) is 0 Å².